The van der Waals surface area contributed by atoms with E-state index in [9.17, 15) is 5.11 Å². The van der Waals surface area contributed by atoms with Crippen molar-refractivity contribution < 1.29 is 14.6 Å². The Morgan fingerprint density at radius 1 is 1.21 bits per heavy atom. The molecule has 0 aliphatic rings. The lowest BCUT2D eigenvalue weighted by molar-refractivity contribution is 0.175. The normalized spacial score (nSPS) is 12.2. The topological polar surface area (TPSA) is 82.3 Å². The summed E-state index contributed by atoms with van der Waals surface area (Å²) in [5, 5.41) is 21.8. The summed E-state index contributed by atoms with van der Waals surface area (Å²) in [6, 6.07) is 5.25. The van der Waals surface area contributed by atoms with Crippen molar-refractivity contribution in [2.75, 3.05) is 14.2 Å². The first-order valence-corrected chi connectivity index (χ1v) is 5.76. The Balaban J connectivity index is 2.20. The molecule has 0 aliphatic carbocycles. The van der Waals surface area contributed by atoms with Crippen LogP contribution in [0.1, 0.15) is 17.5 Å². The molecule has 0 fully saturated rings. The van der Waals surface area contributed by atoms with Gasteiger partial charge in [-0.3, -0.25) is 0 Å². The zero-order chi connectivity index (χ0) is 13.8. The van der Waals surface area contributed by atoms with E-state index in [-0.39, 0.29) is 6.42 Å². The van der Waals surface area contributed by atoms with Gasteiger partial charge in [-0.2, -0.15) is 4.80 Å². The van der Waals surface area contributed by atoms with E-state index in [2.05, 4.69) is 15.4 Å². The molecule has 0 amide bonds. The van der Waals surface area contributed by atoms with Gasteiger partial charge in [-0.1, -0.05) is 0 Å². The Morgan fingerprint density at radius 3 is 2.32 bits per heavy atom. The highest BCUT2D eigenvalue weighted by Crippen LogP contribution is 2.27. The molecule has 1 aromatic heterocycles. The zero-order valence-electron chi connectivity index (χ0n) is 11.1. The third kappa shape index (κ3) is 3.19. The summed E-state index contributed by atoms with van der Waals surface area (Å²) in [6.07, 6.45) is -0.461. The van der Waals surface area contributed by atoms with Gasteiger partial charge in [0.05, 0.1) is 27.4 Å². The van der Waals surface area contributed by atoms with E-state index in [1.807, 2.05) is 0 Å². The van der Waals surface area contributed by atoms with Gasteiger partial charge in [0.1, 0.15) is 11.5 Å². The SMILES string of the molecule is COc1cc(OC)cc(C(O)Cc2nnn(C)n2)c1. The van der Waals surface area contributed by atoms with E-state index in [0.717, 1.165) is 0 Å². The van der Waals surface area contributed by atoms with Crippen molar-refractivity contribution in [3.63, 3.8) is 0 Å². The van der Waals surface area contributed by atoms with Crippen LogP contribution >= 0.6 is 0 Å². The van der Waals surface area contributed by atoms with E-state index in [1.165, 1.54) is 4.80 Å². The molecule has 7 heteroatoms. The molecule has 1 atom stereocenters. The number of nitrogens with zero attached hydrogens (tertiary/aromatic N) is 4. The van der Waals surface area contributed by atoms with Crippen LogP contribution in [0.4, 0.5) is 0 Å². The van der Waals surface area contributed by atoms with Crippen molar-refractivity contribution >= 4 is 0 Å². The summed E-state index contributed by atoms with van der Waals surface area (Å²) >= 11 is 0. The number of rotatable bonds is 5. The Labute approximate surface area is 110 Å². The Kier molecular flexibility index (Phi) is 3.96. The summed E-state index contributed by atoms with van der Waals surface area (Å²) in [6.45, 7) is 0. The number of aryl methyl sites for hydroxylation is 1. The lowest BCUT2D eigenvalue weighted by Gasteiger charge is -2.12. The van der Waals surface area contributed by atoms with Crippen LogP contribution in [0.5, 0.6) is 11.5 Å². The molecule has 2 aromatic rings. The molecule has 19 heavy (non-hydrogen) atoms. The first-order valence-electron chi connectivity index (χ1n) is 5.76. The molecule has 0 saturated carbocycles. The molecule has 102 valence electrons. The van der Waals surface area contributed by atoms with E-state index in [0.29, 0.717) is 22.9 Å². The summed E-state index contributed by atoms with van der Waals surface area (Å²) in [4.78, 5) is 1.36. The fourth-order valence-electron chi connectivity index (χ4n) is 1.72. The molecule has 0 spiro atoms. The van der Waals surface area contributed by atoms with Gasteiger partial charge in [0.15, 0.2) is 5.82 Å². The monoisotopic (exact) mass is 264 g/mol. The van der Waals surface area contributed by atoms with Crippen LogP contribution in [-0.4, -0.2) is 39.5 Å². The number of benzene rings is 1. The number of ether oxygens (including phenoxy) is 2. The van der Waals surface area contributed by atoms with Crippen LogP contribution < -0.4 is 9.47 Å². The predicted octanol–water partition coefficient (Wildman–Crippen LogP) is 0.503. The number of methoxy groups -OCH3 is 2. The van der Waals surface area contributed by atoms with Gasteiger partial charge in [-0.25, -0.2) is 0 Å². The first-order chi connectivity index (χ1) is 9.12. The quantitative estimate of drug-likeness (QED) is 0.847. The van der Waals surface area contributed by atoms with Crippen molar-refractivity contribution in [2.24, 2.45) is 7.05 Å². The lowest BCUT2D eigenvalue weighted by Crippen LogP contribution is -2.05. The third-order valence-corrected chi connectivity index (χ3v) is 2.68. The second kappa shape index (κ2) is 5.66. The highest BCUT2D eigenvalue weighted by Gasteiger charge is 2.14. The summed E-state index contributed by atoms with van der Waals surface area (Å²) in [7, 11) is 4.81. The number of hydrogen-bond donors (Lipinski definition) is 1. The molecule has 1 aromatic carbocycles. The van der Waals surface area contributed by atoms with E-state index < -0.39 is 6.10 Å². The van der Waals surface area contributed by atoms with Gasteiger partial charge in [0, 0.05) is 12.5 Å². The van der Waals surface area contributed by atoms with Crippen LogP contribution in [0.2, 0.25) is 0 Å². The smallest absolute Gasteiger partial charge is 0.177 e. The molecule has 0 radical (unpaired) electrons. The molecule has 7 nitrogen and oxygen atoms in total. The number of hydrogen-bond acceptors (Lipinski definition) is 6. The van der Waals surface area contributed by atoms with Gasteiger partial charge < -0.3 is 14.6 Å². The number of aliphatic hydroxyl groups is 1. The molecule has 0 saturated heterocycles. The Hall–Kier alpha value is -2.15. The van der Waals surface area contributed by atoms with Crippen molar-refractivity contribution in [3.8, 4) is 11.5 Å². The predicted molar refractivity (Wildman–Crippen MR) is 67.0 cm³/mol. The second-order valence-electron chi connectivity index (χ2n) is 4.06. The molecule has 2 rings (SSSR count). The molecule has 0 bridgehead atoms. The minimum absolute atomic E-state index is 0.282. The minimum Gasteiger partial charge on any atom is -0.497 e. The maximum atomic E-state index is 10.2. The first kappa shape index (κ1) is 13.3. The molecular formula is C12H16N4O3. The highest BCUT2D eigenvalue weighted by atomic mass is 16.5. The maximum Gasteiger partial charge on any atom is 0.177 e. The Morgan fingerprint density at radius 2 is 1.84 bits per heavy atom. The fraction of sp³-hybridized carbons (Fsp3) is 0.417. The lowest BCUT2D eigenvalue weighted by atomic mass is 10.1. The molecular weight excluding hydrogens is 248 g/mol. The summed E-state index contributed by atoms with van der Waals surface area (Å²) in [5.41, 5.74) is 0.684. The van der Waals surface area contributed by atoms with E-state index in [4.69, 9.17) is 9.47 Å². The fourth-order valence-corrected chi connectivity index (χ4v) is 1.72. The van der Waals surface area contributed by atoms with Crippen LogP contribution in [-0.2, 0) is 13.5 Å². The third-order valence-electron chi connectivity index (χ3n) is 2.68. The minimum atomic E-state index is -0.742. The van der Waals surface area contributed by atoms with Gasteiger partial charge in [-0.15, -0.1) is 10.2 Å². The average molecular weight is 264 g/mol. The average Bonchev–Trinajstić information content (AvgIpc) is 2.83. The van der Waals surface area contributed by atoms with Crippen molar-refractivity contribution in [1.29, 1.82) is 0 Å². The van der Waals surface area contributed by atoms with Crippen molar-refractivity contribution in [1.82, 2.24) is 20.2 Å². The zero-order valence-corrected chi connectivity index (χ0v) is 11.1. The molecule has 1 N–H and O–H groups in total. The van der Waals surface area contributed by atoms with E-state index in [1.54, 1.807) is 39.5 Å². The van der Waals surface area contributed by atoms with E-state index >= 15 is 0 Å². The summed E-state index contributed by atoms with van der Waals surface area (Å²) < 4.78 is 10.3. The van der Waals surface area contributed by atoms with Crippen LogP contribution in [0.3, 0.4) is 0 Å². The molecule has 1 unspecified atom stereocenters. The maximum absolute atomic E-state index is 10.2. The van der Waals surface area contributed by atoms with Gasteiger partial charge in [0.2, 0.25) is 0 Å². The Bertz CT molecular complexity index is 533. The number of aliphatic hydroxyl groups excluding tert-OH is 1. The molecule has 1 heterocycles. The van der Waals surface area contributed by atoms with Crippen LogP contribution in [0.15, 0.2) is 18.2 Å². The number of tetrazole rings is 1. The molecule has 0 aliphatic heterocycles. The standard InChI is InChI=1S/C12H16N4O3/c1-16-14-12(13-15-16)7-11(17)8-4-9(18-2)6-10(5-8)19-3/h4-6,11,17H,7H2,1-3H3. The van der Waals surface area contributed by atoms with Crippen LogP contribution in [0.25, 0.3) is 0 Å². The van der Waals surface area contributed by atoms with Crippen LogP contribution in [0, 0.1) is 0 Å². The highest BCUT2D eigenvalue weighted by molar-refractivity contribution is 5.39. The number of aromatic nitrogens is 4. The van der Waals surface area contributed by atoms with Crippen molar-refractivity contribution in [2.45, 2.75) is 12.5 Å². The second-order valence-corrected chi connectivity index (χ2v) is 4.06. The summed E-state index contributed by atoms with van der Waals surface area (Å²) in [5.74, 6) is 1.73. The van der Waals surface area contributed by atoms with Gasteiger partial charge in [0.25, 0.3) is 0 Å². The van der Waals surface area contributed by atoms with Gasteiger partial charge >= 0.3 is 0 Å². The van der Waals surface area contributed by atoms with Gasteiger partial charge in [-0.05, 0) is 22.9 Å². The van der Waals surface area contributed by atoms with Crippen molar-refractivity contribution in [3.05, 3.63) is 29.6 Å². The largest absolute Gasteiger partial charge is 0.497 e.